The second kappa shape index (κ2) is 4.00. The van der Waals surface area contributed by atoms with Crippen molar-refractivity contribution in [3.63, 3.8) is 0 Å². The normalized spacial score (nSPS) is 9.38. The summed E-state index contributed by atoms with van der Waals surface area (Å²) in [7, 11) is 0. The Kier molecular flexibility index (Phi) is 2.97. The van der Waals surface area contributed by atoms with Gasteiger partial charge in [0.1, 0.15) is 5.75 Å². The first-order valence-corrected chi connectivity index (χ1v) is 3.80. The second-order valence-electron chi connectivity index (χ2n) is 2.28. The molecule has 1 heterocycles. The summed E-state index contributed by atoms with van der Waals surface area (Å²) in [6, 6.07) is 1.35. The molecule has 5 heteroatoms. The number of pyridine rings is 1. The second-order valence-corrected chi connectivity index (χ2v) is 2.62. The number of carbonyl (C=O) groups is 2. The fourth-order valence-corrected chi connectivity index (χ4v) is 0.851. The summed E-state index contributed by atoms with van der Waals surface area (Å²) in [5, 5.41) is -0.637. The smallest absolute Gasteiger partial charge is 0.308 e. The Bertz CT molecular complexity index is 351. The van der Waals surface area contributed by atoms with Crippen molar-refractivity contribution in [2.45, 2.75) is 6.92 Å². The Balaban J connectivity index is 2.91. The molecule has 0 N–H and O–H groups in total. The lowest BCUT2D eigenvalue weighted by Gasteiger charge is -2.00. The highest BCUT2D eigenvalue weighted by molar-refractivity contribution is 6.67. The number of carbonyl (C=O) groups excluding carboxylic acids is 2. The van der Waals surface area contributed by atoms with Gasteiger partial charge >= 0.3 is 5.97 Å². The molecule has 13 heavy (non-hydrogen) atoms. The van der Waals surface area contributed by atoms with Crippen molar-refractivity contribution in [3.05, 3.63) is 24.0 Å². The quantitative estimate of drug-likeness (QED) is 0.534. The molecule has 0 spiro atoms. The molecule has 0 unspecified atom stereocenters. The zero-order chi connectivity index (χ0) is 9.84. The molecule has 0 fully saturated rings. The van der Waals surface area contributed by atoms with Crippen molar-refractivity contribution in [3.8, 4) is 5.75 Å². The number of hydrogen-bond donors (Lipinski definition) is 0. The molecule has 0 aliphatic rings. The molecule has 1 aromatic rings. The molecule has 1 aromatic heterocycles. The van der Waals surface area contributed by atoms with Crippen LogP contribution in [0.3, 0.4) is 0 Å². The van der Waals surface area contributed by atoms with Crippen molar-refractivity contribution in [2.24, 2.45) is 0 Å². The minimum Gasteiger partial charge on any atom is -0.425 e. The largest absolute Gasteiger partial charge is 0.425 e. The Morgan fingerprint density at radius 2 is 2.15 bits per heavy atom. The van der Waals surface area contributed by atoms with E-state index in [1.807, 2.05) is 0 Å². The van der Waals surface area contributed by atoms with Gasteiger partial charge in [-0.3, -0.25) is 14.6 Å². The van der Waals surface area contributed by atoms with Crippen LogP contribution >= 0.6 is 11.6 Å². The summed E-state index contributed by atoms with van der Waals surface area (Å²) < 4.78 is 4.69. The van der Waals surface area contributed by atoms with E-state index >= 15 is 0 Å². The summed E-state index contributed by atoms with van der Waals surface area (Å²) in [6.07, 6.45) is 2.62. The SMILES string of the molecule is CC(=O)Oc1cncc(C(=O)Cl)c1. The van der Waals surface area contributed by atoms with E-state index in [9.17, 15) is 9.59 Å². The molecule has 4 nitrogen and oxygen atoms in total. The first-order chi connectivity index (χ1) is 6.09. The van der Waals surface area contributed by atoms with Gasteiger partial charge in [0.25, 0.3) is 5.24 Å². The van der Waals surface area contributed by atoms with Crippen LogP contribution in [0.25, 0.3) is 0 Å². The number of rotatable bonds is 2. The molecular formula is C8H6ClNO3. The Hall–Kier alpha value is -1.42. The molecule has 0 bridgehead atoms. The van der Waals surface area contributed by atoms with Crippen molar-refractivity contribution < 1.29 is 14.3 Å². The van der Waals surface area contributed by atoms with E-state index < -0.39 is 11.2 Å². The number of aromatic nitrogens is 1. The van der Waals surface area contributed by atoms with Gasteiger partial charge in [0.2, 0.25) is 0 Å². The average molecular weight is 200 g/mol. The number of ether oxygens (including phenoxy) is 1. The molecule has 0 amide bonds. The van der Waals surface area contributed by atoms with Crippen LogP contribution in [0.15, 0.2) is 18.5 Å². The summed E-state index contributed by atoms with van der Waals surface area (Å²) >= 11 is 5.19. The number of esters is 1. The Morgan fingerprint density at radius 1 is 1.46 bits per heavy atom. The van der Waals surface area contributed by atoms with Gasteiger partial charge in [0, 0.05) is 13.1 Å². The third-order valence-corrected chi connectivity index (χ3v) is 1.42. The third kappa shape index (κ3) is 2.83. The highest BCUT2D eigenvalue weighted by Crippen LogP contribution is 2.12. The molecule has 0 aromatic carbocycles. The van der Waals surface area contributed by atoms with E-state index in [4.69, 9.17) is 16.3 Å². The van der Waals surface area contributed by atoms with Gasteiger partial charge in [0.15, 0.2) is 0 Å². The van der Waals surface area contributed by atoms with Crippen LogP contribution in [0, 0.1) is 0 Å². The maximum absolute atomic E-state index is 10.7. The number of hydrogen-bond acceptors (Lipinski definition) is 4. The van der Waals surface area contributed by atoms with Crippen LogP contribution < -0.4 is 4.74 Å². The first kappa shape index (κ1) is 9.67. The van der Waals surface area contributed by atoms with Gasteiger partial charge in [-0.05, 0) is 17.7 Å². The molecule has 0 aliphatic carbocycles. The van der Waals surface area contributed by atoms with E-state index in [0.29, 0.717) is 0 Å². The lowest BCUT2D eigenvalue weighted by Crippen LogP contribution is -2.02. The minimum atomic E-state index is -0.637. The van der Waals surface area contributed by atoms with Crippen LogP contribution in [0.1, 0.15) is 17.3 Å². The summed E-state index contributed by atoms with van der Waals surface area (Å²) in [4.78, 5) is 24.9. The molecule has 0 aliphatic heterocycles. The third-order valence-electron chi connectivity index (χ3n) is 1.20. The topological polar surface area (TPSA) is 56.3 Å². The molecule has 0 atom stereocenters. The standard InChI is InChI=1S/C8H6ClNO3/c1-5(11)13-7-2-6(8(9)12)3-10-4-7/h2-4H,1H3. The van der Waals surface area contributed by atoms with Gasteiger partial charge in [-0.2, -0.15) is 0 Å². The van der Waals surface area contributed by atoms with E-state index in [1.165, 1.54) is 25.4 Å². The molecule has 0 radical (unpaired) electrons. The zero-order valence-corrected chi connectivity index (χ0v) is 7.54. The predicted octanol–water partition coefficient (Wildman–Crippen LogP) is 1.39. The van der Waals surface area contributed by atoms with Crippen LogP contribution in [-0.2, 0) is 4.79 Å². The number of halogens is 1. The molecule has 0 saturated carbocycles. The van der Waals surface area contributed by atoms with Crippen molar-refractivity contribution in [1.29, 1.82) is 0 Å². The summed E-state index contributed by atoms with van der Waals surface area (Å²) in [6.45, 7) is 1.26. The monoisotopic (exact) mass is 199 g/mol. The van der Waals surface area contributed by atoms with Crippen molar-refractivity contribution in [2.75, 3.05) is 0 Å². The molecule has 68 valence electrons. The lowest BCUT2D eigenvalue weighted by atomic mass is 10.3. The van der Waals surface area contributed by atoms with E-state index in [2.05, 4.69) is 4.98 Å². The van der Waals surface area contributed by atoms with Crippen LogP contribution in [0.4, 0.5) is 0 Å². The first-order valence-electron chi connectivity index (χ1n) is 3.43. The van der Waals surface area contributed by atoms with E-state index in [-0.39, 0.29) is 11.3 Å². The molecular weight excluding hydrogens is 194 g/mol. The highest BCUT2D eigenvalue weighted by atomic mass is 35.5. The van der Waals surface area contributed by atoms with E-state index in [0.717, 1.165) is 0 Å². The van der Waals surface area contributed by atoms with Gasteiger partial charge in [-0.15, -0.1) is 0 Å². The summed E-state index contributed by atoms with van der Waals surface area (Å²) in [5.41, 5.74) is 0.195. The van der Waals surface area contributed by atoms with Crippen LogP contribution in [0.5, 0.6) is 5.75 Å². The van der Waals surface area contributed by atoms with Crippen molar-refractivity contribution in [1.82, 2.24) is 4.98 Å². The lowest BCUT2D eigenvalue weighted by molar-refractivity contribution is -0.131. The van der Waals surface area contributed by atoms with E-state index in [1.54, 1.807) is 0 Å². The van der Waals surface area contributed by atoms with Gasteiger partial charge in [-0.25, -0.2) is 0 Å². The van der Waals surface area contributed by atoms with Gasteiger partial charge in [-0.1, -0.05) is 0 Å². The highest BCUT2D eigenvalue weighted by Gasteiger charge is 2.05. The maximum Gasteiger partial charge on any atom is 0.308 e. The van der Waals surface area contributed by atoms with Gasteiger partial charge < -0.3 is 4.74 Å². The molecule has 1 rings (SSSR count). The van der Waals surface area contributed by atoms with Crippen LogP contribution in [0.2, 0.25) is 0 Å². The van der Waals surface area contributed by atoms with Crippen molar-refractivity contribution >= 4 is 22.8 Å². The predicted molar refractivity (Wildman–Crippen MR) is 45.7 cm³/mol. The van der Waals surface area contributed by atoms with Gasteiger partial charge in [0.05, 0.1) is 11.8 Å². The Labute approximate surface area is 79.5 Å². The van der Waals surface area contributed by atoms with Crippen LogP contribution in [-0.4, -0.2) is 16.2 Å². The zero-order valence-electron chi connectivity index (χ0n) is 6.78. The fraction of sp³-hybridized carbons (Fsp3) is 0.125. The maximum atomic E-state index is 10.7. The number of nitrogens with zero attached hydrogens (tertiary/aromatic N) is 1. The fourth-order valence-electron chi connectivity index (χ4n) is 0.748. The summed E-state index contributed by atoms with van der Waals surface area (Å²) in [5.74, 6) is -0.264. The Morgan fingerprint density at radius 3 is 2.69 bits per heavy atom. The average Bonchev–Trinajstić information content (AvgIpc) is 2.03. The minimum absolute atomic E-state index is 0.195. The molecule has 0 saturated heterocycles.